The van der Waals surface area contributed by atoms with Gasteiger partial charge >= 0.3 is 5.97 Å². The monoisotopic (exact) mass is 433 g/mol. The van der Waals surface area contributed by atoms with Gasteiger partial charge in [-0.25, -0.2) is 9.78 Å². The quantitative estimate of drug-likeness (QED) is 0.289. The molecule has 4 rings (SSSR count). The number of esters is 1. The number of para-hydroxylation sites is 1. The average molecular weight is 434 g/mol. The highest BCUT2D eigenvalue weighted by atomic mass is 32.2. The number of hydrogen-bond donors (Lipinski definition) is 0. The number of thioether (sulfide) groups is 1. The second-order valence-corrected chi connectivity index (χ2v) is 7.77. The van der Waals surface area contributed by atoms with E-state index in [0.29, 0.717) is 24.5 Å². The summed E-state index contributed by atoms with van der Waals surface area (Å²) < 4.78 is 12.8. The molecule has 0 aliphatic heterocycles. The Morgan fingerprint density at radius 3 is 2.71 bits per heavy atom. The Kier molecular flexibility index (Phi) is 6.52. The molecule has 0 spiro atoms. The molecule has 7 heteroatoms. The summed E-state index contributed by atoms with van der Waals surface area (Å²) in [5.41, 5.74) is 4.23. The molecule has 0 unspecified atom stereocenters. The number of imidazole rings is 1. The van der Waals surface area contributed by atoms with Crippen molar-refractivity contribution in [1.82, 2.24) is 14.5 Å². The Hall–Kier alpha value is -3.32. The van der Waals surface area contributed by atoms with E-state index in [4.69, 9.17) is 14.5 Å². The van der Waals surface area contributed by atoms with Gasteiger partial charge in [0, 0.05) is 17.5 Å². The van der Waals surface area contributed by atoms with Crippen LogP contribution in [-0.2, 0) is 17.0 Å². The molecule has 0 aliphatic rings. The van der Waals surface area contributed by atoms with Gasteiger partial charge in [-0.15, -0.1) is 0 Å². The highest BCUT2D eigenvalue weighted by Crippen LogP contribution is 2.31. The lowest BCUT2D eigenvalue weighted by atomic mass is 10.2. The number of ether oxygens (including phenoxy) is 2. The van der Waals surface area contributed by atoms with Crippen molar-refractivity contribution in [2.75, 3.05) is 13.7 Å². The van der Waals surface area contributed by atoms with Crippen LogP contribution in [0.1, 0.15) is 28.5 Å². The van der Waals surface area contributed by atoms with Crippen molar-refractivity contribution >= 4 is 28.8 Å². The lowest BCUT2D eigenvalue weighted by Crippen LogP contribution is -2.05. The van der Waals surface area contributed by atoms with Crippen LogP contribution in [0.15, 0.2) is 72.0 Å². The van der Waals surface area contributed by atoms with E-state index in [-0.39, 0.29) is 5.97 Å². The molecule has 158 valence electrons. The fourth-order valence-corrected chi connectivity index (χ4v) is 4.33. The molecular formula is C24H23N3O3S. The molecule has 2 aromatic heterocycles. The van der Waals surface area contributed by atoms with Gasteiger partial charge in [-0.2, -0.15) is 0 Å². The van der Waals surface area contributed by atoms with Crippen molar-refractivity contribution < 1.29 is 14.3 Å². The van der Waals surface area contributed by atoms with E-state index in [1.807, 2.05) is 42.5 Å². The SMILES string of the molecule is CCOC(=O)c1ccc2c(c1)nc(SCc1ccccc1OC)n2Cc1ccccn1. The molecule has 2 heterocycles. The minimum Gasteiger partial charge on any atom is -0.496 e. The minimum atomic E-state index is -0.341. The van der Waals surface area contributed by atoms with Gasteiger partial charge in [0.1, 0.15) is 5.75 Å². The Morgan fingerprint density at radius 2 is 1.94 bits per heavy atom. The first-order valence-corrected chi connectivity index (χ1v) is 11.0. The van der Waals surface area contributed by atoms with Crippen LogP contribution >= 0.6 is 11.8 Å². The summed E-state index contributed by atoms with van der Waals surface area (Å²) >= 11 is 1.63. The number of aromatic nitrogens is 3. The summed E-state index contributed by atoms with van der Waals surface area (Å²) in [6, 6.07) is 19.3. The first-order valence-electron chi connectivity index (χ1n) is 10.0. The predicted octanol–water partition coefficient (Wildman–Crippen LogP) is 4.96. The van der Waals surface area contributed by atoms with Crippen molar-refractivity contribution in [3.05, 3.63) is 83.7 Å². The van der Waals surface area contributed by atoms with E-state index in [1.165, 1.54) is 0 Å². The van der Waals surface area contributed by atoms with E-state index in [2.05, 4.69) is 15.6 Å². The van der Waals surface area contributed by atoms with Crippen molar-refractivity contribution in [1.29, 1.82) is 0 Å². The van der Waals surface area contributed by atoms with Crippen molar-refractivity contribution in [3.63, 3.8) is 0 Å². The Labute approximate surface area is 185 Å². The number of nitrogens with zero attached hydrogens (tertiary/aromatic N) is 3. The number of rotatable bonds is 8. The number of carbonyl (C=O) groups excluding carboxylic acids is 1. The standard InChI is InChI=1S/C24H23N3O3S/c1-3-30-23(28)17-11-12-21-20(14-17)26-24(27(21)15-19-9-6-7-13-25-19)31-16-18-8-4-5-10-22(18)29-2/h4-14H,3,15-16H2,1-2H3. The molecule has 0 N–H and O–H groups in total. The number of hydrogen-bond acceptors (Lipinski definition) is 6. The Balaban J connectivity index is 1.70. The van der Waals surface area contributed by atoms with Crippen LogP contribution in [0.5, 0.6) is 5.75 Å². The summed E-state index contributed by atoms with van der Waals surface area (Å²) in [5, 5.41) is 0.854. The fraction of sp³-hybridized carbons (Fsp3) is 0.208. The Bertz CT molecular complexity index is 1190. The van der Waals surface area contributed by atoms with Crippen LogP contribution in [0.4, 0.5) is 0 Å². The molecule has 2 aromatic carbocycles. The largest absolute Gasteiger partial charge is 0.496 e. The maximum atomic E-state index is 12.2. The molecule has 0 saturated heterocycles. The first-order chi connectivity index (χ1) is 15.2. The van der Waals surface area contributed by atoms with Crippen LogP contribution in [0.25, 0.3) is 11.0 Å². The third-order valence-electron chi connectivity index (χ3n) is 4.82. The van der Waals surface area contributed by atoms with Gasteiger partial charge in [-0.1, -0.05) is 36.0 Å². The zero-order valence-corrected chi connectivity index (χ0v) is 18.3. The average Bonchev–Trinajstić information content (AvgIpc) is 3.15. The third kappa shape index (κ3) is 4.72. The van der Waals surface area contributed by atoms with Crippen molar-refractivity contribution in [2.45, 2.75) is 24.4 Å². The molecule has 6 nitrogen and oxygen atoms in total. The molecule has 0 saturated carbocycles. The zero-order valence-electron chi connectivity index (χ0n) is 17.4. The van der Waals surface area contributed by atoms with Gasteiger partial charge in [-0.05, 0) is 43.3 Å². The van der Waals surface area contributed by atoms with Gasteiger partial charge in [0.15, 0.2) is 5.16 Å². The van der Waals surface area contributed by atoms with E-state index >= 15 is 0 Å². The van der Waals surface area contributed by atoms with E-state index in [0.717, 1.165) is 33.2 Å². The van der Waals surface area contributed by atoms with E-state index in [1.54, 1.807) is 44.1 Å². The molecule has 0 fully saturated rings. The maximum Gasteiger partial charge on any atom is 0.338 e. The molecule has 0 radical (unpaired) electrons. The van der Waals surface area contributed by atoms with Crippen molar-refractivity contribution in [3.8, 4) is 5.75 Å². The summed E-state index contributed by atoms with van der Waals surface area (Å²) in [5.74, 6) is 1.22. The normalized spacial score (nSPS) is 10.9. The van der Waals surface area contributed by atoms with E-state index < -0.39 is 0 Å². The van der Waals surface area contributed by atoms with Crippen LogP contribution < -0.4 is 4.74 Å². The fourth-order valence-electron chi connectivity index (χ4n) is 3.33. The van der Waals surface area contributed by atoms with Crippen LogP contribution in [0.2, 0.25) is 0 Å². The number of pyridine rings is 1. The van der Waals surface area contributed by atoms with Crippen LogP contribution in [-0.4, -0.2) is 34.2 Å². The van der Waals surface area contributed by atoms with Crippen LogP contribution in [0.3, 0.4) is 0 Å². The topological polar surface area (TPSA) is 66.2 Å². The molecule has 0 atom stereocenters. The summed E-state index contributed by atoms with van der Waals surface area (Å²) in [6.07, 6.45) is 1.79. The van der Waals surface area contributed by atoms with Gasteiger partial charge in [0.2, 0.25) is 0 Å². The number of carbonyl (C=O) groups is 1. The van der Waals surface area contributed by atoms with Crippen LogP contribution in [0, 0.1) is 0 Å². The second-order valence-electron chi connectivity index (χ2n) is 6.83. The maximum absolute atomic E-state index is 12.2. The molecular weight excluding hydrogens is 410 g/mol. The lowest BCUT2D eigenvalue weighted by molar-refractivity contribution is 0.0526. The zero-order chi connectivity index (χ0) is 21.6. The number of benzene rings is 2. The van der Waals surface area contributed by atoms with E-state index in [9.17, 15) is 4.79 Å². The highest BCUT2D eigenvalue weighted by Gasteiger charge is 2.16. The van der Waals surface area contributed by atoms with Gasteiger partial charge < -0.3 is 14.0 Å². The molecule has 0 bridgehead atoms. The highest BCUT2D eigenvalue weighted by molar-refractivity contribution is 7.98. The summed E-state index contributed by atoms with van der Waals surface area (Å²) in [4.78, 5) is 21.5. The van der Waals surface area contributed by atoms with Crippen molar-refractivity contribution in [2.24, 2.45) is 0 Å². The first kappa shape index (κ1) is 20.9. The number of fused-ring (bicyclic) bond motifs is 1. The molecule has 4 aromatic rings. The summed E-state index contributed by atoms with van der Waals surface area (Å²) in [7, 11) is 1.68. The third-order valence-corrected chi connectivity index (χ3v) is 5.85. The van der Waals surface area contributed by atoms with Gasteiger partial charge in [0.05, 0.1) is 42.6 Å². The molecule has 0 amide bonds. The Morgan fingerprint density at radius 1 is 1.10 bits per heavy atom. The molecule has 0 aliphatic carbocycles. The number of methoxy groups -OCH3 is 1. The molecule has 31 heavy (non-hydrogen) atoms. The second kappa shape index (κ2) is 9.66. The van der Waals surface area contributed by atoms with Gasteiger partial charge in [-0.3, -0.25) is 4.98 Å². The van der Waals surface area contributed by atoms with Gasteiger partial charge in [0.25, 0.3) is 0 Å². The smallest absolute Gasteiger partial charge is 0.338 e. The minimum absolute atomic E-state index is 0.338. The summed E-state index contributed by atoms with van der Waals surface area (Å²) in [6.45, 7) is 2.72. The predicted molar refractivity (Wildman–Crippen MR) is 122 cm³/mol. The lowest BCUT2D eigenvalue weighted by Gasteiger charge is -2.10.